The molecular formula is C22H28ClN3O. The van der Waals surface area contributed by atoms with Gasteiger partial charge in [0.15, 0.2) is 0 Å². The topological polar surface area (TPSA) is 44.4 Å². The zero-order valence-electron chi connectivity index (χ0n) is 15.9. The van der Waals surface area contributed by atoms with Crippen LogP contribution in [-0.4, -0.2) is 30.4 Å². The summed E-state index contributed by atoms with van der Waals surface area (Å²) in [5, 5.41) is 6.67. The van der Waals surface area contributed by atoms with Gasteiger partial charge in [0.25, 0.3) is 0 Å². The van der Waals surface area contributed by atoms with Gasteiger partial charge in [-0.05, 0) is 43.7 Å². The fourth-order valence-corrected chi connectivity index (χ4v) is 3.87. The molecule has 2 aromatic carbocycles. The molecule has 2 aromatic rings. The van der Waals surface area contributed by atoms with Crippen molar-refractivity contribution < 1.29 is 4.79 Å². The Bertz CT molecular complexity index is 759. The highest BCUT2D eigenvalue weighted by Gasteiger charge is 2.18. The Hall–Kier alpha value is -2.04. The van der Waals surface area contributed by atoms with Gasteiger partial charge in [0, 0.05) is 18.3 Å². The molecule has 1 saturated carbocycles. The van der Waals surface area contributed by atoms with Gasteiger partial charge in [-0.3, -0.25) is 9.69 Å². The predicted octanol–water partition coefficient (Wildman–Crippen LogP) is 5.16. The first-order valence-electron chi connectivity index (χ1n) is 9.70. The van der Waals surface area contributed by atoms with E-state index in [1.807, 2.05) is 24.3 Å². The van der Waals surface area contributed by atoms with Crippen molar-refractivity contribution in [3.05, 3.63) is 59.1 Å². The molecule has 1 aliphatic carbocycles. The van der Waals surface area contributed by atoms with E-state index in [1.165, 1.54) is 37.7 Å². The van der Waals surface area contributed by atoms with E-state index in [1.54, 1.807) is 12.1 Å². The zero-order chi connectivity index (χ0) is 19.1. The van der Waals surface area contributed by atoms with Crippen molar-refractivity contribution in [1.82, 2.24) is 4.90 Å². The maximum absolute atomic E-state index is 12.3. The highest BCUT2D eigenvalue weighted by Crippen LogP contribution is 2.25. The SMILES string of the molecule is CN(Cc1ccccc1NCC(=O)Nc1ccccc1Cl)C1CCCCC1. The van der Waals surface area contributed by atoms with E-state index in [0.29, 0.717) is 16.8 Å². The van der Waals surface area contributed by atoms with E-state index in [2.05, 4.69) is 34.7 Å². The number of carbonyl (C=O) groups excluding carboxylic acids is 1. The average Bonchev–Trinajstić information content (AvgIpc) is 2.70. The van der Waals surface area contributed by atoms with Gasteiger partial charge < -0.3 is 10.6 Å². The van der Waals surface area contributed by atoms with E-state index in [0.717, 1.165) is 12.2 Å². The molecule has 0 aliphatic heterocycles. The number of anilines is 2. The fraction of sp³-hybridized carbons (Fsp3) is 0.409. The van der Waals surface area contributed by atoms with Crippen molar-refractivity contribution in [2.75, 3.05) is 24.2 Å². The van der Waals surface area contributed by atoms with Gasteiger partial charge in [0.1, 0.15) is 0 Å². The van der Waals surface area contributed by atoms with Crippen molar-refractivity contribution >= 4 is 28.9 Å². The molecule has 0 bridgehead atoms. The van der Waals surface area contributed by atoms with Crippen LogP contribution in [-0.2, 0) is 11.3 Å². The third-order valence-electron chi connectivity index (χ3n) is 5.22. The lowest BCUT2D eigenvalue weighted by atomic mass is 9.94. The Morgan fingerprint density at radius 3 is 2.44 bits per heavy atom. The number of para-hydroxylation sites is 2. The number of nitrogens with zero attached hydrogens (tertiary/aromatic N) is 1. The number of amides is 1. The number of halogens is 1. The lowest BCUT2D eigenvalue weighted by Crippen LogP contribution is -2.33. The molecule has 3 rings (SSSR count). The minimum atomic E-state index is -0.112. The standard InChI is InChI=1S/C22H28ClN3O/c1-26(18-10-3-2-4-11-18)16-17-9-5-7-13-20(17)24-15-22(27)25-21-14-8-6-12-19(21)23/h5-9,12-14,18,24H,2-4,10-11,15-16H2,1H3,(H,25,27). The van der Waals surface area contributed by atoms with Crippen LogP contribution < -0.4 is 10.6 Å². The van der Waals surface area contributed by atoms with Crippen molar-refractivity contribution in [3.8, 4) is 0 Å². The molecule has 0 radical (unpaired) electrons. The largest absolute Gasteiger partial charge is 0.376 e. The zero-order valence-corrected chi connectivity index (χ0v) is 16.6. The Morgan fingerprint density at radius 1 is 1.04 bits per heavy atom. The second kappa shape index (κ2) is 9.77. The normalized spacial score (nSPS) is 14.9. The molecule has 0 heterocycles. The summed E-state index contributed by atoms with van der Waals surface area (Å²) in [6.45, 7) is 1.09. The van der Waals surface area contributed by atoms with Crippen LogP contribution in [0.4, 0.5) is 11.4 Å². The summed E-state index contributed by atoms with van der Waals surface area (Å²) in [5.74, 6) is -0.112. The Morgan fingerprint density at radius 2 is 1.70 bits per heavy atom. The van der Waals surface area contributed by atoms with E-state index >= 15 is 0 Å². The Labute approximate surface area is 166 Å². The van der Waals surface area contributed by atoms with Gasteiger partial charge in [-0.25, -0.2) is 0 Å². The fourth-order valence-electron chi connectivity index (χ4n) is 3.68. The summed E-state index contributed by atoms with van der Waals surface area (Å²) in [6.07, 6.45) is 6.59. The molecule has 5 heteroatoms. The minimum absolute atomic E-state index is 0.112. The first-order valence-corrected chi connectivity index (χ1v) is 10.1. The Balaban J connectivity index is 1.57. The van der Waals surface area contributed by atoms with Gasteiger partial charge >= 0.3 is 0 Å². The van der Waals surface area contributed by atoms with Gasteiger partial charge in [0.2, 0.25) is 5.91 Å². The van der Waals surface area contributed by atoms with Crippen LogP contribution in [0.1, 0.15) is 37.7 Å². The minimum Gasteiger partial charge on any atom is -0.376 e. The van der Waals surface area contributed by atoms with Gasteiger partial charge in [-0.2, -0.15) is 0 Å². The van der Waals surface area contributed by atoms with E-state index in [-0.39, 0.29) is 12.5 Å². The monoisotopic (exact) mass is 385 g/mol. The van der Waals surface area contributed by atoms with Crippen LogP contribution in [0.2, 0.25) is 5.02 Å². The molecular weight excluding hydrogens is 358 g/mol. The van der Waals surface area contributed by atoms with Gasteiger partial charge in [0.05, 0.1) is 17.3 Å². The first-order chi connectivity index (χ1) is 13.1. The maximum atomic E-state index is 12.3. The molecule has 2 N–H and O–H groups in total. The van der Waals surface area contributed by atoms with Crippen LogP contribution in [0, 0.1) is 0 Å². The molecule has 4 nitrogen and oxygen atoms in total. The van der Waals surface area contributed by atoms with Crippen LogP contribution >= 0.6 is 11.6 Å². The van der Waals surface area contributed by atoms with E-state index < -0.39 is 0 Å². The van der Waals surface area contributed by atoms with Gasteiger partial charge in [-0.1, -0.05) is 61.2 Å². The summed E-state index contributed by atoms with van der Waals surface area (Å²) >= 11 is 6.10. The molecule has 0 aromatic heterocycles. The molecule has 27 heavy (non-hydrogen) atoms. The summed E-state index contributed by atoms with van der Waals surface area (Å²) in [4.78, 5) is 14.7. The lowest BCUT2D eigenvalue weighted by Gasteiger charge is -2.31. The van der Waals surface area contributed by atoms with Crippen LogP contribution in [0.15, 0.2) is 48.5 Å². The molecule has 1 amide bonds. The molecule has 0 atom stereocenters. The summed E-state index contributed by atoms with van der Waals surface area (Å²) in [6, 6.07) is 16.1. The molecule has 0 saturated heterocycles. The molecule has 0 spiro atoms. The van der Waals surface area contributed by atoms with Crippen molar-refractivity contribution in [3.63, 3.8) is 0 Å². The van der Waals surface area contributed by atoms with Crippen LogP contribution in [0.25, 0.3) is 0 Å². The summed E-state index contributed by atoms with van der Waals surface area (Å²) in [7, 11) is 2.21. The third-order valence-corrected chi connectivity index (χ3v) is 5.55. The quantitative estimate of drug-likeness (QED) is 0.692. The number of carbonyl (C=O) groups is 1. The number of hydrogen-bond donors (Lipinski definition) is 2. The summed E-state index contributed by atoms with van der Waals surface area (Å²) < 4.78 is 0. The van der Waals surface area contributed by atoms with E-state index in [4.69, 9.17) is 11.6 Å². The Kier molecular flexibility index (Phi) is 7.13. The van der Waals surface area contributed by atoms with Crippen molar-refractivity contribution in [2.45, 2.75) is 44.7 Å². The molecule has 144 valence electrons. The number of rotatable bonds is 7. The second-order valence-electron chi connectivity index (χ2n) is 7.25. The van der Waals surface area contributed by atoms with Crippen molar-refractivity contribution in [1.29, 1.82) is 0 Å². The highest BCUT2D eigenvalue weighted by atomic mass is 35.5. The third kappa shape index (κ3) is 5.72. The average molecular weight is 386 g/mol. The predicted molar refractivity (Wildman–Crippen MR) is 113 cm³/mol. The van der Waals surface area contributed by atoms with Crippen LogP contribution in [0.5, 0.6) is 0 Å². The van der Waals surface area contributed by atoms with Crippen molar-refractivity contribution in [2.24, 2.45) is 0 Å². The van der Waals surface area contributed by atoms with Crippen LogP contribution in [0.3, 0.4) is 0 Å². The highest BCUT2D eigenvalue weighted by molar-refractivity contribution is 6.33. The number of hydrogen-bond acceptors (Lipinski definition) is 3. The summed E-state index contributed by atoms with van der Waals surface area (Å²) in [5.41, 5.74) is 2.86. The molecule has 1 aliphatic rings. The molecule has 1 fully saturated rings. The lowest BCUT2D eigenvalue weighted by molar-refractivity contribution is -0.114. The molecule has 0 unspecified atom stereocenters. The second-order valence-corrected chi connectivity index (χ2v) is 7.65. The number of benzene rings is 2. The maximum Gasteiger partial charge on any atom is 0.243 e. The van der Waals surface area contributed by atoms with E-state index in [9.17, 15) is 4.79 Å². The smallest absolute Gasteiger partial charge is 0.243 e. The van der Waals surface area contributed by atoms with Gasteiger partial charge in [-0.15, -0.1) is 0 Å². The number of nitrogens with one attached hydrogen (secondary N) is 2. The first kappa shape index (κ1) is 19.7.